The van der Waals surface area contributed by atoms with Gasteiger partial charge in [-0.25, -0.2) is 4.39 Å². The van der Waals surface area contributed by atoms with E-state index in [1.54, 1.807) is 19.2 Å². The van der Waals surface area contributed by atoms with Crippen LogP contribution in [0.25, 0.3) is 11.0 Å². The molecule has 0 bridgehead atoms. The lowest BCUT2D eigenvalue weighted by atomic mass is 9.91. The Labute approximate surface area is 179 Å². The number of primary amides is 1. The first kappa shape index (κ1) is 21.0. The van der Waals surface area contributed by atoms with Crippen LogP contribution in [0.2, 0.25) is 0 Å². The van der Waals surface area contributed by atoms with Crippen LogP contribution in [0.1, 0.15) is 48.2 Å². The second-order valence-electron chi connectivity index (χ2n) is 7.68. The maximum absolute atomic E-state index is 13.4. The topological polar surface area (TPSA) is 90.8 Å². The Balaban J connectivity index is 1.57. The van der Waals surface area contributed by atoms with Gasteiger partial charge in [-0.05, 0) is 43.5 Å². The number of nitrogens with zero attached hydrogens (tertiary/aromatic N) is 2. The van der Waals surface area contributed by atoms with Crippen molar-refractivity contribution in [3.05, 3.63) is 47.4 Å². The van der Waals surface area contributed by atoms with Crippen LogP contribution >= 0.6 is 0 Å². The van der Waals surface area contributed by atoms with Crippen molar-refractivity contribution in [3.8, 4) is 11.5 Å². The van der Waals surface area contributed by atoms with Crippen LogP contribution in [0.15, 0.2) is 34.9 Å². The highest BCUT2D eigenvalue weighted by atomic mass is 19.1. The number of ether oxygens (including phenoxy) is 2. The molecule has 1 amide bonds. The number of hydrogen-bond acceptors (Lipinski definition) is 6. The SMILES string of the molecule is CCCOc1c(C(N)=O)ccc(N2CCC(c3noc4cc(F)ccc34)CC2)c1OC. The smallest absolute Gasteiger partial charge is 0.252 e. The summed E-state index contributed by atoms with van der Waals surface area (Å²) in [5, 5.41) is 5.07. The monoisotopic (exact) mass is 427 g/mol. The third-order valence-electron chi connectivity index (χ3n) is 5.70. The molecule has 3 aromatic rings. The van der Waals surface area contributed by atoms with Gasteiger partial charge in [0.2, 0.25) is 0 Å². The second kappa shape index (κ2) is 8.83. The van der Waals surface area contributed by atoms with Crippen LogP contribution < -0.4 is 20.1 Å². The molecule has 0 atom stereocenters. The van der Waals surface area contributed by atoms with E-state index in [0.29, 0.717) is 29.3 Å². The van der Waals surface area contributed by atoms with Crippen LogP contribution in [0.3, 0.4) is 0 Å². The Bertz CT molecular complexity index is 1090. The third-order valence-corrected chi connectivity index (χ3v) is 5.70. The highest BCUT2D eigenvalue weighted by molar-refractivity contribution is 5.97. The van der Waals surface area contributed by atoms with Crippen LogP contribution in [0, 0.1) is 5.82 Å². The quantitative estimate of drug-likeness (QED) is 0.606. The molecular weight excluding hydrogens is 401 g/mol. The number of methoxy groups -OCH3 is 1. The molecule has 0 radical (unpaired) electrons. The molecule has 31 heavy (non-hydrogen) atoms. The zero-order chi connectivity index (χ0) is 22.0. The van der Waals surface area contributed by atoms with Gasteiger partial charge in [0.25, 0.3) is 5.91 Å². The minimum atomic E-state index is -0.552. The average molecular weight is 427 g/mol. The molecule has 0 unspecified atom stereocenters. The molecule has 7 nitrogen and oxygen atoms in total. The summed E-state index contributed by atoms with van der Waals surface area (Å²) >= 11 is 0. The van der Waals surface area contributed by atoms with Crippen LogP contribution in [-0.4, -0.2) is 37.9 Å². The fraction of sp³-hybridized carbons (Fsp3) is 0.391. The predicted octanol–water partition coefficient (Wildman–Crippen LogP) is 4.25. The molecule has 1 fully saturated rings. The number of nitrogens with two attached hydrogens (primary N) is 1. The van der Waals surface area contributed by atoms with Gasteiger partial charge in [0.15, 0.2) is 17.1 Å². The highest BCUT2D eigenvalue weighted by Gasteiger charge is 2.28. The number of hydrogen-bond donors (Lipinski definition) is 1. The summed E-state index contributed by atoms with van der Waals surface area (Å²) in [6, 6.07) is 8.07. The number of carbonyl (C=O) groups is 1. The molecule has 1 aliphatic rings. The number of aromatic nitrogens is 1. The van der Waals surface area contributed by atoms with Gasteiger partial charge in [0, 0.05) is 30.5 Å². The zero-order valence-electron chi connectivity index (χ0n) is 17.7. The van der Waals surface area contributed by atoms with Gasteiger partial charge >= 0.3 is 0 Å². The van der Waals surface area contributed by atoms with Gasteiger partial charge in [-0.3, -0.25) is 4.79 Å². The van der Waals surface area contributed by atoms with Gasteiger partial charge < -0.3 is 24.6 Å². The van der Waals surface area contributed by atoms with Crippen LogP contribution in [-0.2, 0) is 0 Å². The standard InChI is InChI=1S/C23H26FN3O4/c1-3-12-30-21-17(23(25)28)6-7-18(22(21)29-2)27-10-8-14(9-11-27)20-16-5-4-15(24)13-19(16)31-26-20/h4-7,13-14H,3,8-12H2,1-2H3,(H2,25,28). The Hall–Kier alpha value is -3.29. The summed E-state index contributed by atoms with van der Waals surface area (Å²) in [4.78, 5) is 14.1. The summed E-state index contributed by atoms with van der Waals surface area (Å²) in [6.07, 6.45) is 2.50. The first-order chi connectivity index (χ1) is 15.0. The number of fused-ring (bicyclic) bond motifs is 1. The molecule has 8 heteroatoms. The fourth-order valence-electron chi connectivity index (χ4n) is 4.16. The van der Waals surface area contributed by atoms with E-state index < -0.39 is 5.91 Å². The van der Waals surface area contributed by atoms with Crippen LogP contribution in [0.4, 0.5) is 10.1 Å². The second-order valence-corrected chi connectivity index (χ2v) is 7.68. The van der Waals surface area contributed by atoms with Crippen LogP contribution in [0.5, 0.6) is 11.5 Å². The van der Waals surface area contributed by atoms with E-state index in [-0.39, 0.29) is 11.7 Å². The van der Waals surface area contributed by atoms with Gasteiger partial charge in [-0.2, -0.15) is 0 Å². The van der Waals surface area contributed by atoms with E-state index >= 15 is 0 Å². The van der Waals surface area contributed by atoms with Gasteiger partial charge in [0.1, 0.15) is 5.82 Å². The molecule has 164 valence electrons. The van der Waals surface area contributed by atoms with E-state index in [1.165, 1.54) is 12.1 Å². The van der Waals surface area contributed by atoms with Crippen molar-refractivity contribution in [2.45, 2.75) is 32.1 Å². The number of benzene rings is 2. The number of rotatable bonds is 7. The summed E-state index contributed by atoms with van der Waals surface area (Å²) in [7, 11) is 1.57. The molecule has 0 aliphatic carbocycles. The fourth-order valence-corrected chi connectivity index (χ4v) is 4.16. The number of carbonyl (C=O) groups excluding carboxylic acids is 1. The molecule has 2 N–H and O–H groups in total. The molecule has 1 aliphatic heterocycles. The Morgan fingerprint density at radius 3 is 2.71 bits per heavy atom. The molecule has 2 heterocycles. The molecule has 1 saturated heterocycles. The molecular formula is C23H26FN3O4. The maximum atomic E-state index is 13.4. The third kappa shape index (κ3) is 4.02. The van der Waals surface area contributed by atoms with Crippen molar-refractivity contribution in [2.75, 3.05) is 31.7 Å². The van der Waals surface area contributed by atoms with E-state index in [1.807, 2.05) is 13.0 Å². The molecule has 0 saturated carbocycles. The molecule has 1 aromatic heterocycles. The minimum absolute atomic E-state index is 0.217. The van der Waals surface area contributed by atoms with Crippen molar-refractivity contribution in [3.63, 3.8) is 0 Å². The largest absolute Gasteiger partial charge is 0.491 e. The maximum Gasteiger partial charge on any atom is 0.252 e. The average Bonchev–Trinajstić information content (AvgIpc) is 3.19. The highest BCUT2D eigenvalue weighted by Crippen LogP contribution is 2.43. The summed E-state index contributed by atoms with van der Waals surface area (Å²) in [6.45, 7) is 3.98. The first-order valence-electron chi connectivity index (χ1n) is 10.5. The molecule has 2 aromatic carbocycles. The Kier molecular flexibility index (Phi) is 5.97. The van der Waals surface area contributed by atoms with E-state index in [9.17, 15) is 9.18 Å². The zero-order valence-corrected chi connectivity index (χ0v) is 17.7. The van der Waals surface area contributed by atoms with Gasteiger partial charge in [-0.15, -0.1) is 0 Å². The predicted molar refractivity (Wildman–Crippen MR) is 115 cm³/mol. The van der Waals surface area contributed by atoms with Gasteiger partial charge in [-0.1, -0.05) is 12.1 Å². The number of anilines is 1. The van der Waals surface area contributed by atoms with Crippen molar-refractivity contribution >= 4 is 22.6 Å². The van der Waals surface area contributed by atoms with Crippen molar-refractivity contribution < 1.29 is 23.2 Å². The molecule has 4 rings (SSSR count). The summed E-state index contributed by atoms with van der Waals surface area (Å²) in [5.74, 6) is 0.239. The number of piperidine rings is 1. The lowest BCUT2D eigenvalue weighted by Gasteiger charge is -2.34. The van der Waals surface area contributed by atoms with Crippen molar-refractivity contribution in [2.24, 2.45) is 5.73 Å². The summed E-state index contributed by atoms with van der Waals surface area (Å²) in [5.41, 5.74) is 8.06. The normalized spacial score (nSPS) is 14.7. The van der Waals surface area contributed by atoms with Crippen molar-refractivity contribution in [1.82, 2.24) is 5.16 Å². The first-order valence-corrected chi connectivity index (χ1v) is 10.5. The number of amides is 1. The lowest BCUT2D eigenvalue weighted by molar-refractivity contribution is 0.0995. The Morgan fingerprint density at radius 2 is 2.03 bits per heavy atom. The Morgan fingerprint density at radius 1 is 1.26 bits per heavy atom. The minimum Gasteiger partial charge on any atom is -0.491 e. The number of halogens is 1. The van der Waals surface area contributed by atoms with Gasteiger partial charge in [0.05, 0.1) is 30.7 Å². The van der Waals surface area contributed by atoms with Crippen molar-refractivity contribution in [1.29, 1.82) is 0 Å². The molecule has 0 spiro atoms. The lowest BCUT2D eigenvalue weighted by Crippen LogP contribution is -2.33. The summed E-state index contributed by atoms with van der Waals surface area (Å²) < 4.78 is 30.3. The van der Waals surface area contributed by atoms with E-state index in [2.05, 4.69) is 10.1 Å². The van der Waals surface area contributed by atoms with E-state index in [0.717, 1.165) is 49.1 Å². The van der Waals surface area contributed by atoms with E-state index in [4.69, 9.17) is 19.7 Å².